The lowest BCUT2D eigenvalue weighted by molar-refractivity contribution is -0.0706. The Morgan fingerprint density at radius 3 is 2.47 bits per heavy atom. The Labute approximate surface area is 92.1 Å². The Morgan fingerprint density at radius 2 is 1.93 bits per heavy atom. The van der Waals surface area contributed by atoms with E-state index < -0.39 is 6.10 Å². The Bertz CT molecular complexity index is 215. The molecular weight excluding hydrogens is 192 g/mol. The highest BCUT2D eigenvalue weighted by Gasteiger charge is 2.46. The molecular formula is C12H24O3. The highest BCUT2D eigenvalue weighted by Crippen LogP contribution is 2.52. The highest BCUT2D eigenvalue weighted by atomic mass is 16.3. The van der Waals surface area contributed by atoms with Crippen molar-refractivity contribution in [2.75, 3.05) is 6.61 Å². The second kappa shape index (κ2) is 4.40. The maximum Gasteiger partial charge on any atom is 0.0776 e. The molecule has 0 aromatic carbocycles. The fourth-order valence-electron chi connectivity index (χ4n) is 2.67. The maximum atomic E-state index is 9.72. The summed E-state index contributed by atoms with van der Waals surface area (Å²) in [5.74, 6) is 0. The fourth-order valence-corrected chi connectivity index (χ4v) is 2.67. The molecule has 15 heavy (non-hydrogen) atoms. The van der Waals surface area contributed by atoms with Crippen LogP contribution >= 0.6 is 0 Å². The second-order valence-electron chi connectivity index (χ2n) is 5.88. The van der Waals surface area contributed by atoms with E-state index in [9.17, 15) is 10.2 Å². The van der Waals surface area contributed by atoms with Crippen LogP contribution in [0, 0.1) is 10.8 Å². The minimum Gasteiger partial charge on any atom is -0.394 e. The molecule has 1 aliphatic rings. The van der Waals surface area contributed by atoms with E-state index in [0.717, 1.165) is 19.3 Å². The molecule has 1 fully saturated rings. The lowest BCUT2D eigenvalue weighted by atomic mass is 9.56. The maximum absolute atomic E-state index is 9.72. The first-order valence-corrected chi connectivity index (χ1v) is 5.78. The second-order valence-corrected chi connectivity index (χ2v) is 5.88. The van der Waals surface area contributed by atoms with Crippen LogP contribution in [0.2, 0.25) is 0 Å². The van der Waals surface area contributed by atoms with Crippen molar-refractivity contribution in [2.45, 2.75) is 58.7 Å². The van der Waals surface area contributed by atoms with Crippen LogP contribution in [0.25, 0.3) is 0 Å². The van der Waals surface area contributed by atoms with Crippen molar-refractivity contribution in [2.24, 2.45) is 10.8 Å². The fraction of sp³-hybridized carbons (Fsp3) is 1.00. The van der Waals surface area contributed by atoms with Crippen LogP contribution in [0.15, 0.2) is 0 Å². The lowest BCUT2D eigenvalue weighted by Gasteiger charge is -2.50. The number of aliphatic hydroxyl groups is 3. The Morgan fingerprint density at radius 1 is 1.33 bits per heavy atom. The zero-order chi connectivity index (χ0) is 11.7. The summed E-state index contributed by atoms with van der Waals surface area (Å²) in [5.41, 5.74) is 0.0230. The Hall–Kier alpha value is -0.120. The lowest BCUT2D eigenvalue weighted by Crippen LogP contribution is -2.45. The van der Waals surface area contributed by atoms with Gasteiger partial charge in [0, 0.05) is 0 Å². The molecule has 0 aromatic rings. The van der Waals surface area contributed by atoms with Gasteiger partial charge in [0.05, 0.1) is 18.8 Å². The number of hydrogen-bond donors (Lipinski definition) is 3. The Kier molecular flexibility index (Phi) is 3.80. The molecule has 3 nitrogen and oxygen atoms in total. The average molecular weight is 216 g/mol. The van der Waals surface area contributed by atoms with Gasteiger partial charge in [-0.25, -0.2) is 0 Å². The number of hydrogen-bond acceptors (Lipinski definition) is 3. The molecule has 1 aliphatic carbocycles. The molecule has 0 spiro atoms. The van der Waals surface area contributed by atoms with Gasteiger partial charge in [0.2, 0.25) is 0 Å². The average Bonchev–Trinajstić information content (AvgIpc) is 2.12. The van der Waals surface area contributed by atoms with E-state index in [1.165, 1.54) is 0 Å². The van der Waals surface area contributed by atoms with Gasteiger partial charge >= 0.3 is 0 Å². The third-order valence-electron chi connectivity index (χ3n) is 4.32. The summed E-state index contributed by atoms with van der Waals surface area (Å²) < 4.78 is 0. The molecule has 90 valence electrons. The van der Waals surface area contributed by atoms with Crippen LogP contribution in [-0.2, 0) is 0 Å². The normalized spacial score (nSPS) is 37.6. The summed E-state index contributed by atoms with van der Waals surface area (Å²) in [5, 5.41) is 28.2. The van der Waals surface area contributed by atoms with Gasteiger partial charge in [0.15, 0.2) is 0 Å². The van der Waals surface area contributed by atoms with Gasteiger partial charge in [-0.05, 0) is 36.5 Å². The molecule has 0 bridgehead atoms. The quantitative estimate of drug-likeness (QED) is 0.666. The zero-order valence-electron chi connectivity index (χ0n) is 10.0. The number of rotatable bonds is 3. The van der Waals surface area contributed by atoms with Crippen LogP contribution < -0.4 is 0 Å². The van der Waals surface area contributed by atoms with E-state index in [0.29, 0.717) is 6.42 Å². The molecule has 3 heteroatoms. The van der Waals surface area contributed by atoms with Gasteiger partial charge < -0.3 is 15.3 Å². The SMILES string of the molecule is CC1(C)CCC(O)CC1(C)C[C@H](O)CO. The van der Waals surface area contributed by atoms with Gasteiger partial charge in [-0.1, -0.05) is 20.8 Å². The van der Waals surface area contributed by atoms with Crippen molar-refractivity contribution >= 4 is 0 Å². The van der Waals surface area contributed by atoms with E-state index in [4.69, 9.17) is 5.11 Å². The van der Waals surface area contributed by atoms with E-state index in [2.05, 4.69) is 20.8 Å². The monoisotopic (exact) mass is 216 g/mol. The minimum atomic E-state index is -0.667. The minimum absolute atomic E-state index is 0.0905. The third kappa shape index (κ3) is 2.71. The van der Waals surface area contributed by atoms with Crippen LogP contribution in [0.3, 0.4) is 0 Å². The summed E-state index contributed by atoms with van der Waals surface area (Å²) in [7, 11) is 0. The topological polar surface area (TPSA) is 60.7 Å². The van der Waals surface area contributed by atoms with Gasteiger partial charge in [-0.15, -0.1) is 0 Å². The molecule has 0 aromatic heterocycles. The highest BCUT2D eigenvalue weighted by molar-refractivity contribution is 4.96. The largest absolute Gasteiger partial charge is 0.394 e. The van der Waals surface area contributed by atoms with E-state index >= 15 is 0 Å². The summed E-state index contributed by atoms with van der Waals surface area (Å²) in [6.45, 7) is 6.28. The van der Waals surface area contributed by atoms with Gasteiger partial charge in [-0.2, -0.15) is 0 Å². The van der Waals surface area contributed by atoms with Gasteiger partial charge in [0.25, 0.3) is 0 Å². The van der Waals surface area contributed by atoms with Crippen LogP contribution in [0.1, 0.15) is 46.5 Å². The molecule has 3 N–H and O–H groups in total. The van der Waals surface area contributed by atoms with E-state index in [1.54, 1.807) is 0 Å². The summed E-state index contributed by atoms with van der Waals surface area (Å²) in [6.07, 6.45) is 2.18. The Balaban J connectivity index is 2.76. The van der Waals surface area contributed by atoms with E-state index in [-0.39, 0.29) is 23.5 Å². The molecule has 0 aliphatic heterocycles. The summed E-state index contributed by atoms with van der Waals surface area (Å²) in [6, 6.07) is 0. The summed E-state index contributed by atoms with van der Waals surface area (Å²) >= 11 is 0. The van der Waals surface area contributed by atoms with Crippen LogP contribution in [0.5, 0.6) is 0 Å². The third-order valence-corrected chi connectivity index (χ3v) is 4.32. The predicted molar refractivity (Wildman–Crippen MR) is 59.5 cm³/mol. The standard InChI is InChI=1S/C12H24O3/c1-11(2)5-4-9(14)6-12(11,3)7-10(15)8-13/h9-10,13-15H,4-8H2,1-3H3/t9?,10-,12?/m0/s1. The van der Waals surface area contributed by atoms with Gasteiger partial charge in [-0.3, -0.25) is 0 Å². The molecule has 0 heterocycles. The van der Waals surface area contributed by atoms with Crippen molar-refractivity contribution in [3.63, 3.8) is 0 Å². The molecule has 0 amide bonds. The van der Waals surface area contributed by atoms with E-state index in [1.807, 2.05) is 0 Å². The van der Waals surface area contributed by atoms with Crippen molar-refractivity contribution in [3.8, 4) is 0 Å². The molecule has 0 saturated heterocycles. The summed E-state index contributed by atoms with van der Waals surface area (Å²) in [4.78, 5) is 0. The van der Waals surface area contributed by atoms with Crippen molar-refractivity contribution in [3.05, 3.63) is 0 Å². The first-order valence-electron chi connectivity index (χ1n) is 5.78. The van der Waals surface area contributed by atoms with Crippen LogP contribution in [0.4, 0.5) is 0 Å². The van der Waals surface area contributed by atoms with Crippen molar-refractivity contribution in [1.29, 1.82) is 0 Å². The molecule has 1 rings (SSSR count). The molecule has 3 atom stereocenters. The first kappa shape index (κ1) is 12.9. The molecule has 0 radical (unpaired) electrons. The van der Waals surface area contributed by atoms with Crippen molar-refractivity contribution in [1.82, 2.24) is 0 Å². The van der Waals surface area contributed by atoms with Crippen LogP contribution in [-0.4, -0.2) is 34.1 Å². The first-order chi connectivity index (χ1) is 6.81. The van der Waals surface area contributed by atoms with Gasteiger partial charge in [0.1, 0.15) is 0 Å². The zero-order valence-corrected chi connectivity index (χ0v) is 10.0. The number of aliphatic hydroxyl groups excluding tert-OH is 3. The molecule has 2 unspecified atom stereocenters. The molecule has 1 saturated carbocycles. The predicted octanol–water partition coefficient (Wildman–Crippen LogP) is 1.31. The smallest absolute Gasteiger partial charge is 0.0776 e. The van der Waals surface area contributed by atoms with Crippen molar-refractivity contribution < 1.29 is 15.3 Å².